The second kappa shape index (κ2) is 6.19. The van der Waals surface area contributed by atoms with Crippen LogP contribution >= 0.6 is 0 Å². The number of benzene rings is 2. The van der Waals surface area contributed by atoms with Crippen LogP contribution in [0.15, 0.2) is 48.5 Å². The highest BCUT2D eigenvalue weighted by Crippen LogP contribution is 2.26. The Labute approximate surface area is 130 Å². The summed E-state index contributed by atoms with van der Waals surface area (Å²) in [5.74, 6) is 0.184. The molecule has 5 nitrogen and oxygen atoms in total. The van der Waals surface area contributed by atoms with E-state index < -0.39 is 0 Å². The van der Waals surface area contributed by atoms with Crippen molar-refractivity contribution in [3.8, 4) is 0 Å². The maximum Gasteiger partial charge on any atom is 0.271 e. The first-order chi connectivity index (χ1) is 10.6. The van der Waals surface area contributed by atoms with Gasteiger partial charge in [-0.05, 0) is 23.6 Å². The van der Waals surface area contributed by atoms with Gasteiger partial charge in [0.25, 0.3) is 5.69 Å². The molecule has 112 valence electrons. The minimum atomic E-state index is -0.355. The summed E-state index contributed by atoms with van der Waals surface area (Å²) in [6, 6.07) is 15.6. The maximum atomic E-state index is 10.9. The highest BCUT2D eigenvalue weighted by atomic mass is 16.6. The van der Waals surface area contributed by atoms with Crippen molar-refractivity contribution in [1.82, 2.24) is 5.32 Å². The summed E-state index contributed by atoms with van der Waals surface area (Å²) in [6.45, 7) is 0.710. The van der Waals surface area contributed by atoms with E-state index in [1.165, 1.54) is 5.56 Å². The lowest BCUT2D eigenvalue weighted by Crippen LogP contribution is -2.43. The molecule has 2 atom stereocenters. The Hall–Kier alpha value is -2.34. The molecule has 1 aliphatic rings. The fraction of sp³-hybridized carbons (Fsp3) is 0.250. The average Bonchev–Trinajstić information content (AvgIpc) is 2.67. The number of nitro groups is 1. The van der Waals surface area contributed by atoms with Crippen LogP contribution in [0.5, 0.6) is 0 Å². The molecule has 0 radical (unpaired) electrons. The predicted octanol–water partition coefficient (Wildman–Crippen LogP) is 1.68. The van der Waals surface area contributed by atoms with Gasteiger partial charge in [0.05, 0.1) is 4.92 Å². The molecule has 2 aromatic carbocycles. The summed E-state index contributed by atoms with van der Waals surface area (Å²) in [6.07, 6.45) is 0.922. The minimum Gasteiger partial charge on any atom is -0.388 e. The second-order valence-electron chi connectivity index (χ2n) is 5.71. The Morgan fingerprint density at radius 2 is 2.00 bits per heavy atom. The van der Waals surface area contributed by atoms with Crippen LogP contribution in [-0.2, 0) is 13.0 Å². The van der Waals surface area contributed by atoms with Gasteiger partial charge in [-0.15, -0.1) is 0 Å². The molecule has 2 aromatic rings. The number of nitro benzene ring substituents is 1. The zero-order valence-electron chi connectivity index (χ0n) is 12.5. The van der Waals surface area contributed by atoms with Crippen molar-refractivity contribution in [3.05, 3.63) is 69.8 Å². The van der Waals surface area contributed by atoms with Crippen molar-refractivity contribution in [2.75, 3.05) is 5.32 Å². The van der Waals surface area contributed by atoms with Gasteiger partial charge in [-0.1, -0.05) is 30.3 Å². The molecule has 1 aliphatic heterocycles. The predicted molar refractivity (Wildman–Crippen MR) is 89.8 cm³/mol. The second-order valence-corrected chi connectivity index (χ2v) is 5.71. The molecule has 6 heteroatoms. The summed E-state index contributed by atoms with van der Waals surface area (Å²) in [7, 11) is 2.11. The summed E-state index contributed by atoms with van der Waals surface area (Å²) in [5.41, 5.74) is 3.32. The van der Waals surface area contributed by atoms with E-state index in [1.807, 2.05) is 24.3 Å². The number of nitrogens with zero attached hydrogens (tertiary/aromatic N) is 1. The molecule has 0 saturated carbocycles. The molecule has 0 amide bonds. The van der Waals surface area contributed by atoms with Crippen molar-refractivity contribution in [1.29, 1.82) is 0 Å². The standard InChI is InChI=1S/C16H18BN3O2/c17-16-15(8-11-4-2-1-3-5-11)18-10-12-6-7-13(20(21)22)9-14(12)19-16/h1-7,9,15-16,18-19H,8,10,17H2. The fourth-order valence-electron chi connectivity index (χ4n) is 2.85. The summed E-state index contributed by atoms with van der Waals surface area (Å²) >= 11 is 0. The van der Waals surface area contributed by atoms with Gasteiger partial charge in [0.1, 0.15) is 7.85 Å². The summed E-state index contributed by atoms with van der Waals surface area (Å²) < 4.78 is 0. The van der Waals surface area contributed by atoms with Crippen LogP contribution in [0.25, 0.3) is 0 Å². The van der Waals surface area contributed by atoms with Gasteiger partial charge in [-0.3, -0.25) is 10.1 Å². The van der Waals surface area contributed by atoms with Gasteiger partial charge in [0, 0.05) is 36.3 Å². The third kappa shape index (κ3) is 3.12. The van der Waals surface area contributed by atoms with E-state index in [0.717, 1.165) is 17.7 Å². The molecule has 2 N–H and O–H groups in total. The van der Waals surface area contributed by atoms with Gasteiger partial charge in [0.15, 0.2) is 0 Å². The van der Waals surface area contributed by atoms with E-state index in [4.69, 9.17) is 0 Å². The lowest BCUT2D eigenvalue weighted by Gasteiger charge is -2.24. The molecule has 22 heavy (non-hydrogen) atoms. The summed E-state index contributed by atoms with van der Waals surface area (Å²) in [5, 5.41) is 17.9. The normalized spacial score (nSPS) is 20.5. The van der Waals surface area contributed by atoms with E-state index >= 15 is 0 Å². The number of anilines is 1. The Kier molecular flexibility index (Phi) is 4.11. The average molecular weight is 295 g/mol. The third-order valence-corrected chi connectivity index (χ3v) is 4.14. The molecule has 0 spiro atoms. The van der Waals surface area contributed by atoms with Crippen molar-refractivity contribution < 1.29 is 4.92 Å². The number of rotatable bonds is 3. The number of nitrogens with one attached hydrogen (secondary N) is 2. The molecule has 3 rings (SSSR count). The molecule has 2 unspecified atom stereocenters. The minimum absolute atomic E-state index is 0.125. The highest BCUT2D eigenvalue weighted by molar-refractivity contribution is 6.14. The van der Waals surface area contributed by atoms with E-state index in [2.05, 4.69) is 30.6 Å². The zero-order valence-corrected chi connectivity index (χ0v) is 12.5. The largest absolute Gasteiger partial charge is 0.388 e. The van der Waals surface area contributed by atoms with Crippen LogP contribution in [-0.4, -0.2) is 24.8 Å². The van der Waals surface area contributed by atoms with Crippen LogP contribution in [0.2, 0.25) is 0 Å². The van der Waals surface area contributed by atoms with Gasteiger partial charge < -0.3 is 10.6 Å². The van der Waals surface area contributed by atoms with Gasteiger partial charge in [-0.2, -0.15) is 0 Å². The topological polar surface area (TPSA) is 67.2 Å². The van der Waals surface area contributed by atoms with E-state index in [0.29, 0.717) is 6.54 Å². The summed E-state index contributed by atoms with van der Waals surface area (Å²) in [4.78, 5) is 10.6. The molecule has 0 bridgehead atoms. The smallest absolute Gasteiger partial charge is 0.271 e. The van der Waals surface area contributed by atoms with Crippen LogP contribution < -0.4 is 10.6 Å². The first-order valence-electron chi connectivity index (χ1n) is 7.44. The van der Waals surface area contributed by atoms with Gasteiger partial charge in [0.2, 0.25) is 0 Å². The number of non-ortho nitro benzene ring substituents is 1. The van der Waals surface area contributed by atoms with Crippen molar-refractivity contribution in [3.63, 3.8) is 0 Å². The Balaban J connectivity index is 1.79. The van der Waals surface area contributed by atoms with Gasteiger partial charge >= 0.3 is 0 Å². The zero-order chi connectivity index (χ0) is 15.5. The molecule has 0 aliphatic carbocycles. The van der Waals surface area contributed by atoms with Crippen molar-refractivity contribution in [2.45, 2.75) is 24.9 Å². The fourth-order valence-corrected chi connectivity index (χ4v) is 2.85. The number of hydrogen-bond donors (Lipinski definition) is 2. The number of hydrogen-bond acceptors (Lipinski definition) is 4. The molecule has 0 saturated heterocycles. The first-order valence-corrected chi connectivity index (χ1v) is 7.44. The first kappa shape index (κ1) is 14.6. The van der Waals surface area contributed by atoms with E-state index in [-0.39, 0.29) is 22.6 Å². The monoisotopic (exact) mass is 295 g/mol. The lowest BCUT2D eigenvalue weighted by molar-refractivity contribution is -0.384. The van der Waals surface area contributed by atoms with E-state index in [1.54, 1.807) is 12.1 Å². The molecule has 1 heterocycles. The van der Waals surface area contributed by atoms with Crippen molar-refractivity contribution in [2.24, 2.45) is 0 Å². The lowest BCUT2D eigenvalue weighted by atomic mass is 9.85. The van der Waals surface area contributed by atoms with Crippen LogP contribution in [0.1, 0.15) is 11.1 Å². The molecular weight excluding hydrogens is 277 g/mol. The van der Waals surface area contributed by atoms with Crippen LogP contribution in [0.4, 0.5) is 11.4 Å². The Morgan fingerprint density at radius 3 is 2.73 bits per heavy atom. The van der Waals surface area contributed by atoms with E-state index in [9.17, 15) is 10.1 Å². The molecule has 0 fully saturated rings. The maximum absolute atomic E-state index is 10.9. The third-order valence-electron chi connectivity index (χ3n) is 4.14. The SMILES string of the molecule is BC1Nc2cc([N+](=O)[O-])ccc2CNC1Cc1ccccc1. The van der Waals surface area contributed by atoms with Crippen LogP contribution in [0.3, 0.4) is 0 Å². The highest BCUT2D eigenvalue weighted by Gasteiger charge is 2.23. The molecule has 0 aromatic heterocycles. The number of fused-ring (bicyclic) bond motifs is 1. The van der Waals surface area contributed by atoms with Crippen molar-refractivity contribution >= 4 is 19.2 Å². The molecular formula is C16H18BN3O2. The van der Waals surface area contributed by atoms with Crippen LogP contribution in [0, 0.1) is 10.1 Å². The Morgan fingerprint density at radius 1 is 1.23 bits per heavy atom. The quantitative estimate of drug-likeness (QED) is 0.513. The van der Waals surface area contributed by atoms with Gasteiger partial charge in [-0.25, -0.2) is 0 Å². The Bertz CT molecular complexity index is 678.